The number of rotatable bonds is 4. The zero-order chi connectivity index (χ0) is 14.0. The molecule has 1 aromatic carbocycles. The van der Waals surface area contributed by atoms with Crippen LogP contribution in [0.4, 0.5) is 5.69 Å². The summed E-state index contributed by atoms with van der Waals surface area (Å²) in [4.78, 5) is 34.7. The molecule has 2 amide bonds. The molecule has 19 heavy (non-hydrogen) atoms. The molecule has 1 heterocycles. The van der Waals surface area contributed by atoms with Crippen molar-refractivity contribution in [1.29, 1.82) is 0 Å². The molecule has 0 unspecified atom stereocenters. The maximum absolute atomic E-state index is 11.8. The number of benzene rings is 1. The van der Waals surface area contributed by atoms with E-state index in [1.807, 2.05) is 0 Å². The van der Waals surface area contributed by atoms with Crippen LogP contribution in [0.5, 0.6) is 0 Å². The van der Waals surface area contributed by atoms with E-state index in [-0.39, 0.29) is 24.8 Å². The third-order valence-electron chi connectivity index (χ3n) is 2.95. The van der Waals surface area contributed by atoms with Crippen molar-refractivity contribution < 1.29 is 19.5 Å². The van der Waals surface area contributed by atoms with Crippen LogP contribution in [-0.2, 0) is 27.2 Å². The van der Waals surface area contributed by atoms with Crippen molar-refractivity contribution in [2.75, 3.05) is 18.9 Å². The predicted molar refractivity (Wildman–Crippen MR) is 67.8 cm³/mol. The van der Waals surface area contributed by atoms with E-state index in [1.54, 1.807) is 18.2 Å². The first-order chi connectivity index (χ1) is 8.95. The second kappa shape index (κ2) is 5.09. The van der Waals surface area contributed by atoms with Gasteiger partial charge in [-0.25, -0.2) is 0 Å². The summed E-state index contributed by atoms with van der Waals surface area (Å²) in [6, 6.07) is 5.33. The third kappa shape index (κ3) is 3.09. The van der Waals surface area contributed by atoms with Crippen LogP contribution in [0.3, 0.4) is 0 Å². The number of carboxylic acid groups (broad SMARTS) is 1. The Kier molecular flexibility index (Phi) is 3.50. The highest BCUT2D eigenvalue weighted by Crippen LogP contribution is 2.24. The lowest BCUT2D eigenvalue weighted by atomic mass is 10.1. The number of carboxylic acids is 1. The van der Waals surface area contributed by atoms with Crippen molar-refractivity contribution >= 4 is 23.5 Å². The van der Waals surface area contributed by atoms with E-state index >= 15 is 0 Å². The summed E-state index contributed by atoms with van der Waals surface area (Å²) >= 11 is 0. The molecule has 100 valence electrons. The highest BCUT2D eigenvalue weighted by molar-refractivity contribution is 5.99. The minimum Gasteiger partial charge on any atom is -0.480 e. The van der Waals surface area contributed by atoms with Crippen LogP contribution in [0, 0.1) is 0 Å². The third-order valence-corrected chi connectivity index (χ3v) is 2.95. The molecule has 0 saturated heterocycles. The highest BCUT2D eigenvalue weighted by Gasteiger charge is 2.19. The number of likely N-dealkylation sites (N-methyl/N-ethyl adjacent to an activating group) is 1. The number of amides is 2. The highest BCUT2D eigenvalue weighted by atomic mass is 16.4. The van der Waals surface area contributed by atoms with Gasteiger partial charge in [-0.15, -0.1) is 0 Å². The lowest BCUT2D eigenvalue weighted by Gasteiger charge is -2.14. The molecular formula is C13H14N2O4. The molecule has 0 saturated carbocycles. The summed E-state index contributed by atoms with van der Waals surface area (Å²) in [7, 11) is 1.45. The molecule has 6 heteroatoms. The molecule has 1 aromatic rings. The predicted octanol–water partition coefficient (Wildman–Crippen LogP) is 0.267. The Morgan fingerprint density at radius 3 is 2.84 bits per heavy atom. The van der Waals surface area contributed by atoms with Gasteiger partial charge in [-0.3, -0.25) is 14.4 Å². The van der Waals surface area contributed by atoms with Crippen LogP contribution < -0.4 is 5.32 Å². The minimum absolute atomic E-state index is 0.0542. The quantitative estimate of drug-likeness (QED) is 0.815. The Bertz CT molecular complexity index is 554. The van der Waals surface area contributed by atoms with Crippen molar-refractivity contribution in [3.8, 4) is 0 Å². The topological polar surface area (TPSA) is 86.7 Å². The average Bonchev–Trinajstić information content (AvgIpc) is 2.67. The van der Waals surface area contributed by atoms with E-state index in [0.717, 1.165) is 16.8 Å². The van der Waals surface area contributed by atoms with Gasteiger partial charge in [-0.05, 0) is 17.2 Å². The smallest absolute Gasteiger partial charge is 0.323 e. The molecule has 6 nitrogen and oxygen atoms in total. The number of fused-ring (bicyclic) bond motifs is 1. The van der Waals surface area contributed by atoms with E-state index in [0.29, 0.717) is 6.42 Å². The fraction of sp³-hybridized carbons (Fsp3) is 0.308. The summed E-state index contributed by atoms with van der Waals surface area (Å²) in [5, 5.41) is 11.3. The Hall–Kier alpha value is -2.37. The van der Waals surface area contributed by atoms with Gasteiger partial charge >= 0.3 is 5.97 Å². The first-order valence-electron chi connectivity index (χ1n) is 5.83. The van der Waals surface area contributed by atoms with Crippen LogP contribution in [0.2, 0.25) is 0 Å². The number of carbonyl (C=O) groups excluding carboxylic acids is 2. The van der Waals surface area contributed by atoms with Crippen molar-refractivity contribution in [2.45, 2.75) is 12.8 Å². The number of hydrogen-bond acceptors (Lipinski definition) is 3. The van der Waals surface area contributed by atoms with E-state index in [1.165, 1.54) is 11.9 Å². The fourth-order valence-electron chi connectivity index (χ4n) is 1.99. The first-order valence-corrected chi connectivity index (χ1v) is 5.83. The summed E-state index contributed by atoms with van der Waals surface area (Å²) in [5.74, 6) is -1.36. The van der Waals surface area contributed by atoms with Gasteiger partial charge < -0.3 is 15.3 Å². The Morgan fingerprint density at radius 2 is 2.16 bits per heavy atom. The van der Waals surface area contributed by atoms with E-state index in [2.05, 4.69) is 5.32 Å². The molecule has 0 bridgehead atoms. The maximum Gasteiger partial charge on any atom is 0.323 e. The number of anilines is 1. The van der Waals surface area contributed by atoms with E-state index in [4.69, 9.17) is 5.11 Å². The van der Waals surface area contributed by atoms with Crippen LogP contribution in [0.15, 0.2) is 18.2 Å². The molecule has 0 atom stereocenters. The van der Waals surface area contributed by atoms with Gasteiger partial charge in [0.05, 0.1) is 12.8 Å². The molecular weight excluding hydrogens is 248 g/mol. The summed E-state index contributed by atoms with van der Waals surface area (Å²) in [6.45, 7) is -0.316. The van der Waals surface area contributed by atoms with Gasteiger partial charge in [0.2, 0.25) is 11.8 Å². The Balaban J connectivity index is 2.04. The monoisotopic (exact) mass is 262 g/mol. The van der Waals surface area contributed by atoms with Crippen LogP contribution >= 0.6 is 0 Å². The maximum atomic E-state index is 11.8. The van der Waals surface area contributed by atoms with Gasteiger partial charge in [0, 0.05) is 12.7 Å². The molecule has 1 aliphatic heterocycles. The fourth-order valence-corrected chi connectivity index (χ4v) is 1.99. The molecule has 1 aliphatic rings. The standard InChI is InChI=1S/C13H14N2O4/c1-15(7-13(18)19)12(17)5-8-2-3-10-9(4-8)6-11(16)14-10/h2-4H,5-7H2,1H3,(H,14,16)(H,18,19). The number of nitrogens with zero attached hydrogens (tertiary/aromatic N) is 1. The van der Waals surface area contributed by atoms with Crippen LogP contribution in [0.1, 0.15) is 11.1 Å². The SMILES string of the molecule is CN(CC(=O)O)C(=O)Cc1ccc2c(c1)CC(=O)N2. The first kappa shape index (κ1) is 13.1. The van der Waals surface area contributed by atoms with Crippen molar-refractivity contribution in [3.05, 3.63) is 29.3 Å². The second-order valence-electron chi connectivity index (χ2n) is 4.54. The molecule has 0 radical (unpaired) electrons. The van der Waals surface area contributed by atoms with Gasteiger partial charge in [0.25, 0.3) is 0 Å². The van der Waals surface area contributed by atoms with Gasteiger partial charge in [-0.2, -0.15) is 0 Å². The minimum atomic E-state index is -1.04. The van der Waals surface area contributed by atoms with Gasteiger partial charge in [0.15, 0.2) is 0 Å². The van der Waals surface area contributed by atoms with Crippen molar-refractivity contribution in [1.82, 2.24) is 4.90 Å². The number of hydrogen-bond donors (Lipinski definition) is 2. The molecule has 0 aliphatic carbocycles. The Labute approximate surface area is 110 Å². The van der Waals surface area contributed by atoms with E-state index in [9.17, 15) is 14.4 Å². The zero-order valence-electron chi connectivity index (χ0n) is 10.5. The molecule has 2 rings (SSSR count). The lowest BCUT2D eigenvalue weighted by molar-refractivity contribution is -0.143. The molecule has 2 N–H and O–H groups in total. The van der Waals surface area contributed by atoms with Gasteiger partial charge in [-0.1, -0.05) is 12.1 Å². The summed E-state index contributed by atoms with van der Waals surface area (Å²) < 4.78 is 0. The van der Waals surface area contributed by atoms with Crippen LogP contribution in [-0.4, -0.2) is 41.4 Å². The number of carbonyl (C=O) groups is 3. The number of aliphatic carboxylic acids is 1. The molecule has 0 spiro atoms. The average molecular weight is 262 g/mol. The van der Waals surface area contributed by atoms with Crippen molar-refractivity contribution in [3.63, 3.8) is 0 Å². The molecule has 0 fully saturated rings. The zero-order valence-corrected chi connectivity index (χ0v) is 10.5. The van der Waals surface area contributed by atoms with Crippen LogP contribution in [0.25, 0.3) is 0 Å². The van der Waals surface area contributed by atoms with E-state index < -0.39 is 5.97 Å². The molecule has 0 aromatic heterocycles. The summed E-state index contributed by atoms with van der Waals surface area (Å²) in [6.07, 6.45) is 0.452. The second-order valence-corrected chi connectivity index (χ2v) is 4.54. The van der Waals surface area contributed by atoms with Crippen molar-refractivity contribution in [2.24, 2.45) is 0 Å². The summed E-state index contributed by atoms with van der Waals surface area (Å²) in [5.41, 5.74) is 2.42. The normalized spacial score (nSPS) is 12.8. The lowest BCUT2D eigenvalue weighted by Crippen LogP contribution is -2.33. The Morgan fingerprint density at radius 1 is 1.42 bits per heavy atom. The number of nitrogens with one attached hydrogen (secondary N) is 1. The van der Waals surface area contributed by atoms with Gasteiger partial charge in [0.1, 0.15) is 6.54 Å². The largest absolute Gasteiger partial charge is 0.480 e.